The van der Waals surface area contributed by atoms with E-state index >= 15 is 0 Å². The Kier molecular flexibility index (Phi) is 5.93. The van der Waals surface area contributed by atoms with E-state index in [0.29, 0.717) is 18.1 Å². The highest BCUT2D eigenvalue weighted by Gasteiger charge is 2.22. The van der Waals surface area contributed by atoms with E-state index in [0.717, 1.165) is 26.4 Å². The van der Waals surface area contributed by atoms with Gasteiger partial charge in [-0.1, -0.05) is 42.4 Å². The number of benzene rings is 1. The zero-order chi connectivity index (χ0) is 17.8. The molecule has 7 heteroatoms. The number of thioether (sulfide) groups is 1. The molecule has 0 saturated heterocycles. The van der Waals surface area contributed by atoms with Crippen molar-refractivity contribution in [1.29, 1.82) is 0 Å². The lowest BCUT2D eigenvalue weighted by Gasteiger charge is -2.13. The molecule has 3 aromatic rings. The molecule has 25 heavy (non-hydrogen) atoms. The molecule has 3 rings (SSSR count). The van der Waals surface area contributed by atoms with E-state index in [-0.39, 0.29) is 11.2 Å². The molecular weight excluding hydrogens is 376 g/mol. The molecule has 0 aliphatic rings. The van der Waals surface area contributed by atoms with Crippen molar-refractivity contribution < 1.29 is 9.53 Å². The van der Waals surface area contributed by atoms with Gasteiger partial charge in [0.1, 0.15) is 21.4 Å². The fraction of sp³-hybridized carbons (Fsp3) is 0.278. The summed E-state index contributed by atoms with van der Waals surface area (Å²) >= 11 is 9.00. The van der Waals surface area contributed by atoms with Crippen LogP contribution in [0, 0.1) is 0 Å². The summed E-state index contributed by atoms with van der Waals surface area (Å²) in [4.78, 5) is 21.9. The Labute approximate surface area is 159 Å². The zero-order valence-corrected chi connectivity index (χ0v) is 16.2. The maximum absolute atomic E-state index is 12.1. The van der Waals surface area contributed by atoms with E-state index in [1.165, 1.54) is 11.8 Å². The van der Waals surface area contributed by atoms with Gasteiger partial charge in [0, 0.05) is 16.0 Å². The highest BCUT2D eigenvalue weighted by molar-refractivity contribution is 8.00. The molecule has 0 fully saturated rings. The first-order valence-corrected chi connectivity index (χ1v) is 10.1. The minimum Gasteiger partial charge on any atom is -0.465 e. The standard InChI is InChI=1S/C18H17ClN2O2S2/c1-3-14(18(22)23-4-2)25-17-15-13(9-24-16(15)20-10-21-17)11-5-7-12(19)8-6-11/h5-10,14H,3-4H2,1-2H3. The van der Waals surface area contributed by atoms with E-state index in [4.69, 9.17) is 16.3 Å². The van der Waals surface area contributed by atoms with Gasteiger partial charge >= 0.3 is 5.97 Å². The van der Waals surface area contributed by atoms with Crippen molar-refractivity contribution in [2.75, 3.05) is 6.61 Å². The molecular formula is C18H17ClN2O2S2. The number of esters is 1. The number of fused-ring (bicyclic) bond motifs is 1. The zero-order valence-electron chi connectivity index (χ0n) is 13.9. The lowest BCUT2D eigenvalue weighted by Crippen LogP contribution is -2.19. The predicted molar refractivity (Wildman–Crippen MR) is 104 cm³/mol. The van der Waals surface area contributed by atoms with Gasteiger partial charge in [-0.25, -0.2) is 9.97 Å². The lowest BCUT2D eigenvalue weighted by molar-refractivity contribution is -0.142. The van der Waals surface area contributed by atoms with Crippen LogP contribution in [0.2, 0.25) is 5.02 Å². The largest absolute Gasteiger partial charge is 0.465 e. The van der Waals surface area contributed by atoms with Crippen molar-refractivity contribution in [3.63, 3.8) is 0 Å². The normalized spacial score (nSPS) is 12.3. The third kappa shape index (κ3) is 3.97. The molecule has 4 nitrogen and oxygen atoms in total. The van der Waals surface area contributed by atoms with Crippen molar-refractivity contribution in [2.45, 2.75) is 30.5 Å². The number of carbonyl (C=O) groups excluding carboxylic acids is 1. The predicted octanol–water partition coefficient (Wildman–Crippen LogP) is 5.45. The molecule has 0 bridgehead atoms. The van der Waals surface area contributed by atoms with Crippen LogP contribution >= 0.6 is 34.7 Å². The number of carbonyl (C=O) groups is 1. The summed E-state index contributed by atoms with van der Waals surface area (Å²) in [7, 11) is 0. The topological polar surface area (TPSA) is 52.1 Å². The Hall–Kier alpha value is -1.63. The number of nitrogens with zero attached hydrogens (tertiary/aromatic N) is 2. The Morgan fingerprint density at radius 3 is 2.72 bits per heavy atom. The highest BCUT2D eigenvalue weighted by Crippen LogP contribution is 2.39. The summed E-state index contributed by atoms with van der Waals surface area (Å²) in [6.07, 6.45) is 2.22. The maximum Gasteiger partial charge on any atom is 0.319 e. The van der Waals surface area contributed by atoms with Crippen LogP contribution in [0.15, 0.2) is 41.0 Å². The van der Waals surface area contributed by atoms with Gasteiger partial charge in [0.2, 0.25) is 0 Å². The third-order valence-corrected chi connectivity index (χ3v) is 6.15. The van der Waals surface area contributed by atoms with Crippen LogP contribution in [-0.2, 0) is 9.53 Å². The molecule has 0 spiro atoms. The minimum absolute atomic E-state index is 0.204. The van der Waals surface area contributed by atoms with E-state index in [9.17, 15) is 4.79 Å². The summed E-state index contributed by atoms with van der Waals surface area (Å²) in [6, 6.07) is 7.69. The van der Waals surface area contributed by atoms with Gasteiger partial charge in [-0.2, -0.15) is 0 Å². The van der Waals surface area contributed by atoms with E-state index in [1.54, 1.807) is 17.7 Å². The van der Waals surface area contributed by atoms with Crippen molar-refractivity contribution in [1.82, 2.24) is 9.97 Å². The van der Waals surface area contributed by atoms with Crippen LogP contribution in [0.5, 0.6) is 0 Å². The van der Waals surface area contributed by atoms with Gasteiger partial charge in [0.05, 0.1) is 12.0 Å². The fourth-order valence-electron chi connectivity index (χ4n) is 2.45. The van der Waals surface area contributed by atoms with Crippen LogP contribution in [0.4, 0.5) is 0 Å². The van der Waals surface area contributed by atoms with Gasteiger partial charge in [0.25, 0.3) is 0 Å². The minimum atomic E-state index is -0.281. The molecule has 1 unspecified atom stereocenters. The van der Waals surface area contributed by atoms with Crippen LogP contribution < -0.4 is 0 Å². The molecule has 2 aromatic heterocycles. The average molecular weight is 393 g/mol. The maximum atomic E-state index is 12.1. The van der Waals surface area contributed by atoms with Crippen molar-refractivity contribution >= 4 is 50.9 Å². The Bertz CT molecular complexity index is 880. The summed E-state index contributed by atoms with van der Waals surface area (Å²) in [5.74, 6) is -0.204. The number of ether oxygens (including phenoxy) is 1. The number of hydrogen-bond donors (Lipinski definition) is 0. The first kappa shape index (κ1) is 18.2. The smallest absolute Gasteiger partial charge is 0.319 e. The fourth-order valence-corrected chi connectivity index (χ4v) is 4.59. The SMILES string of the molecule is CCOC(=O)C(CC)Sc1ncnc2scc(-c3ccc(Cl)cc3)c12. The van der Waals surface area contributed by atoms with Crippen LogP contribution in [0.3, 0.4) is 0 Å². The molecule has 0 radical (unpaired) electrons. The molecule has 0 aliphatic carbocycles. The quantitative estimate of drug-likeness (QED) is 0.317. The average Bonchev–Trinajstić information content (AvgIpc) is 3.05. The molecule has 0 aliphatic heterocycles. The first-order chi connectivity index (χ1) is 12.1. The van der Waals surface area contributed by atoms with Gasteiger partial charge in [-0.05, 0) is 31.0 Å². The van der Waals surface area contributed by atoms with Crippen molar-refractivity contribution in [3.05, 3.63) is 41.0 Å². The van der Waals surface area contributed by atoms with Crippen LogP contribution in [-0.4, -0.2) is 27.8 Å². The Morgan fingerprint density at radius 1 is 1.28 bits per heavy atom. The monoisotopic (exact) mass is 392 g/mol. The number of hydrogen-bond acceptors (Lipinski definition) is 6. The van der Waals surface area contributed by atoms with Gasteiger partial charge in [0.15, 0.2) is 0 Å². The van der Waals surface area contributed by atoms with E-state index in [2.05, 4.69) is 15.3 Å². The number of halogens is 1. The second-order valence-electron chi connectivity index (χ2n) is 5.28. The molecule has 0 saturated carbocycles. The number of aromatic nitrogens is 2. The molecule has 2 heterocycles. The third-order valence-electron chi connectivity index (χ3n) is 3.66. The van der Waals surface area contributed by atoms with Crippen molar-refractivity contribution in [3.8, 4) is 11.1 Å². The highest BCUT2D eigenvalue weighted by atomic mass is 35.5. The van der Waals surface area contributed by atoms with Gasteiger partial charge < -0.3 is 4.74 Å². The lowest BCUT2D eigenvalue weighted by atomic mass is 10.1. The van der Waals surface area contributed by atoms with E-state index < -0.39 is 0 Å². The Morgan fingerprint density at radius 2 is 2.04 bits per heavy atom. The summed E-state index contributed by atoms with van der Waals surface area (Å²) in [5.41, 5.74) is 2.11. The second kappa shape index (κ2) is 8.17. The van der Waals surface area contributed by atoms with E-state index in [1.807, 2.05) is 38.1 Å². The van der Waals surface area contributed by atoms with Crippen LogP contribution in [0.25, 0.3) is 21.3 Å². The Balaban J connectivity index is 2.02. The van der Waals surface area contributed by atoms with Gasteiger partial charge in [-0.3, -0.25) is 4.79 Å². The van der Waals surface area contributed by atoms with Crippen LogP contribution in [0.1, 0.15) is 20.3 Å². The molecule has 1 aromatic carbocycles. The summed E-state index contributed by atoms with van der Waals surface area (Å²) in [6.45, 7) is 4.17. The number of thiophene rings is 1. The summed E-state index contributed by atoms with van der Waals surface area (Å²) in [5, 5.41) is 4.26. The number of rotatable bonds is 6. The molecule has 1 atom stereocenters. The second-order valence-corrected chi connectivity index (χ2v) is 7.77. The molecule has 0 amide bonds. The summed E-state index contributed by atoms with van der Waals surface area (Å²) < 4.78 is 5.17. The molecule has 130 valence electrons. The van der Waals surface area contributed by atoms with Gasteiger partial charge in [-0.15, -0.1) is 11.3 Å². The first-order valence-electron chi connectivity index (χ1n) is 7.95. The molecule has 0 N–H and O–H groups in total. The van der Waals surface area contributed by atoms with Crippen molar-refractivity contribution in [2.24, 2.45) is 0 Å².